The maximum Gasteiger partial charge on any atom is 0.355 e. The highest BCUT2D eigenvalue weighted by Gasteiger charge is 2.22. The van der Waals surface area contributed by atoms with Crippen LogP contribution < -0.4 is 5.73 Å². The number of carbonyl (C=O) groups is 2. The maximum atomic E-state index is 12.0. The van der Waals surface area contributed by atoms with Gasteiger partial charge in [0.25, 0.3) is 0 Å². The molecular formula is C21H24NO4S2+. The van der Waals surface area contributed by atoms with E-state index in [0.29, 0.717) is 11.5 Å². The van der Waals surface area contributed by atoms with Crippen LogP contribution in [0.25, 0.3) is 0 Å². The number of ether oxygens (including phenoxy) is 2. The van der Waals surface area contributed by atoms with Crippen LogP contribution in [0.4, 0.5) is 0 Å². The van der Waals surface area contributed by atoms with Gasteiger partial charge in [-0.25, -0.2) is 4.79 Å². The van der Waals surface area contributed by atoms with Crippen molar-refractivity contribution in [3.05, 3.63) is 78.7 Å². The van der Waals surface area contributed by atoms with E-state index in [9.17, 15) is 9.59 Å². The molecule has 0 fully saturated rings. The lowest BCUT2D eigenvalue weighted by Crippen LogP contribution is -2.34. The molecule has 2 atom stereocenters. The number of esters is 2. The third-order valence-corrected chi connectivity index (χ3v) is 6.20. The zero-order valence-electron chi connectivity index (χ0n) is 15.5. The van der Waals surface area contributed by atoms with Crippen molar-refractivity contribution in [1.82, 2.24) is 0 Å². The highest BCUT2D eigenvalue weighted by molar-refractivity contribution is 8.76. The summed E-state index contributed by atoms with van der Waals surface area (Å²) < 4.78 is 10.5. The molecule has 0 bridgehead atoms. The smallest absolute Gasteiger partial charge is 0.355 e. The molecule has 0 amide bonds. The fourth-order valence-corrected chi connectivity index (χ4v) is 4.36. The first-order valence-electron chi connectivity index (χ1n) is 8.80. The number of hydrogen-bond acceptors (Lipinski definition) is 7. The average molecular weight is 419 g/mol. The number of rotatable bonds is 11. The number of carbonyl (C=O) groups excluding carboxylic acids is 2. The highest BCUT2D eigenvalue weighted by Crippen LogP contribution is 2.25. The van der Waals surface area contributed by atoms with E-state index < -0.39 is 17.9 Å². The standard InChI is InChI=1S/C21H24NO4S2/c1-16(20(23)25-12-17-8-4-2-5-9-17)14-27-28-15-19(22)21(24)26-13-18-10-6-3-7-11-18/h2-11,16,19H,1,12-15,22H2/q+1. The van der Waals surface area contributed by atoms with Crippen LogP contribution in [0.2, 0.25) is 0 Å². The van der Waals surface area contributed by atoms with Gasteiger partial charge in [0, 0.05) is 5.75 Å². The number of nitrogens with two attached hydrogens (primary N) is 1. The molecule has 2 aromatic rings. The maximum absolute atomic E-state index is 12.0. The Morgan fingerprint density at radius 1 is 0.821 bits per heavy atom. The first-order chi connectivity index (χ1) is 13.6. The summed E-state index contributed by atoms with van der Waals surface area (Å²) >= 11 is 0. The van der Waals surface area contributed by atoms with Gasteiger partial charge in [0.05, 0.1) is 12.7 Å². The molecule has 0 aliphatic rings. The van der Waals surface area contributed by atoms with E-state index in [-0.39, 0.29) is 19.2 Å². The molecule has 0 aromatic heterocycles. The SMILES string of the molecule is [CH2+]C(CSSCC(N)C(=O)OCc1ccccc1)C(=O)OCc1ccccc1. The molecule has 2 rings (SSSR count). The predicted molar refractivity (Wildman–Crippen MR) is 114 cm³/mol. The summed E-state index contributed by atoms with van der Waals surface area (Å²) in [4.78, 5) is 23.9. The van der Waals surface area contributed by atoms with Crippen molar-refractivity contribution in [2.75, 3.05) is 11.5 Å². The number of hydrogen-bond donors (Lipinski definition) is 1. The molecule has 2 unspecified atom stereocenters. The Morgan fingerprint density at radius 3 is 1.82 bits per heavy atom. The molecule has 2 aromatic carbocycles. The normalized spacial score (nSPS) is 12.8. The quantitative estimate of drug-likeness (QED) is 0.258. The van der Waals surface area contributed by atoms with E-state index >= 15 is 0 Å². The fraction of sp³-hybridized carbons (Fsp3) is 0.286. The molecule has 28 heavy (non-hydrogen) atoms. The van der Waals surface area contributed by atoms with Gasteiger partial charge in [0.15, 0.2) is 0 Å². The molecular weight excluding hydrogens is 394 g/mol. The van der Waals surface area contributed by atoms with Crippen LogP contribution in [0.1, 0.15) is 11.1 Å². The largest absolute Gasteiger partial charge is 0.460 e. The van der Waals surface area contributed by atoms with Crippen LogP contribution in [0.3, 0.4) is 0 Å². The lowest BCUT2D eigenvalue weighted by atomic mass is 10.2. The van der Waals surface area contributed by atoms with Gasteiger partial charge in [0.1, 0.15) is 19.3 Å². The molecule has 0 saturated carbocycles. The van der Waals surface area contributed by atoms with E-state index in [1.54, 1.807) is 0 Å². The summed E-state index contributed by atoms with van der Waals surface area (Å²) in [5.74, 6) is -0.398. The molecule has 0 spiro atoms. The lowest BCUT2D eigenvalue weighted by molar-refractivity contribution is -0.147. The first-order valence-corrected chi connectivity index (χ1v) is 11.3. The van der Waals surface area contributed by atoms with Gasteiger partial charge < -0.3 is 15.2 Å². The van der Waals surface area contributed by atoms with Crippen LogP contribution in [0, 0.1) is 12.8 Å². The Kier molecular flexibility index (Phi) is 9.82. The molecule has 0 aliphatic carbocycles. The predicted octanol–water partition coefficient (Wildman–Crippen LogP) is 3.63. The van der Waals surface area contributed by atoms with Crippen molar-refractivity contribution in [3.8, 4) is 0 Å². The van der Waals surface area contributed by atoms with E-state index in [2.05, 4.69) is 6.92 Å². The molecule has 2 N–H and O–H groups in total. The lowest BCUT2D eigenvalue weighted by Gasteiger charge is -2.11. The van der Waals surface area contributed by atoms with Crippen LogP contribution in [-0.2, 0) is 32.3 Å². The van der Waals surface area contributed by atoms with E-state index in [4.69, 9.17) is 15.2 Å². The third-order valence-electron chi connectivity index (χ3n) is 3.68. The average Bonchev–Trinajstić information content (AvgIpc) is 2.74. The van der Waals surface area contributed by atoms with Crippen molar-refractivity contribution >= 4 is 33.5 Å². The van der Waals surface area contributed by atoms with E-state index in [1.165, 1.54) is 21.6 Å². The molecule has 7 heteroatoms. The van der Waals surface area contributed by atoms with Gasteiger partial charge in [-0.1, -0.05) is 82.3 Å². The van der Waals surface area contributed by atoms with Crippen molar-refractivity contribution in [1.29, 1.82) is 0 Å². The molecule has 0 heterocycles. The van der Waals surface area contributed by atoms with Gasteiger partial charge in [-0.2, -0.15) is 0 Å². The van der Waals surface area contributed by atoms with Crippen molar-refractivity contribution < 1.29 is 19.1 Å². The second kappa shape index (κ2) is 12.4. The monoisotopic (exact) mass is 418 g/mol. The minimum atomic E-state index is -0.713. The molecule has 5 nitrogen and oxygen atoms in total. The van der Waals surface area contributed by atoms with Gasteiger partial charge in [0.2, 0.25) is 5.92 Å². The minimum Gasteiger partial charge on any atom is -0.460 e. The first kappa shape index (κ1) is 22.2. The van der Waals surface area contributed by atoms with Crippen LogP contribution in [0.5, 0.6) is 0 Å². The van der Waals surface area contributed by atoms with Gasteiger partial charge >= 0.3 is 11.9 Å². The minimum absolute atomic E-state index is 0.208. The Balaban J connectivity index is 1.57. The van der Waals surface area contributed by atoms with Crippen molar-refractivity contribution in [3.63, 3.8) is 0 Å². The summed E-state index contributed by atoms with van der Waals surface area (Å²) in [5, 5.41) is 0. The topological polar surface area (TPSA) is 78.6 Å². The van der Waals surface area contributed by atoms with Crippen LogP contribution in [-0.4, -0.2) is 29.5 Å². The second-order valence-corrected chi connectivity index (χ2v) is 8.61. The van der Waals surface area contributed by atoms with Crippen molar-refractivity contribution in [2.45, 2.75) is 19.3 Å². The summed E-state index contributed by atoms with van der Waals surface area (Å²) in [7, 11) is 2.85. The Morgan fingerprint density at radius 2 is 1.29 bits per heavy atom. The highest BCUT2D eigenvalue weighted by atomic mass is 33.1. The van der Waals surface area contributed by atoms with Crippen molar-refractivity contribution in [2.24, 2.45) is 11.7 Å². The Bertz CT molecular complexity index is 664. The molecule has 148 valence electrons. The van der Waals surface area contributed by atoms with E-state index in [1.807, 2.05) is 60.7 Å². The van der Waals surface area contributed by atoms with Gasteiger partial charge in [-0.15, -0.1) is 0 Å². The zero-order valence-corrected chi connectivity index (χ0v) is 17.1. The fourth-order valence-electron chi connectivity index (χ4n) is 2.07. The molecule has 0 radical (unpaired) electrons. The molecule has 0 aliphatic heterocycles. The summed E-state index contributed by atoms with van der Waals surface area (Å²) in [6.45, 7) is 4.28. The van der Waals surface area contributed by atoms with E-state index in [0.717, 1.165) is 11.1 Å². The summed E-state index contributed by atoms with van der Waals surface area (Å²) in [6.07, 6.45) is 0. The van der Waals surface area contributed by atoms with Crippen LogP contribution >= 0.6 is 21.6 Å². The van der Waals surface area contributed by atoms with Crippen LogP contribution in [0.15, 0.2) is 60.7 Å². The number of benzene rings is 2. The second-order valence-electron chi connectivity index (χ2n) is 6.06. The zero-order chi connectivity index (χ0) is 20.2. The summed E-state index contributed by atoms with van der Waals surface area (Å²) in [6, 6.07) is 18.2. The summed E-state index contributed by atoms with van der Waals surface area (Å²) in [5.41, 5.74) is 7.71. The Hall–Kier alpha value is -2.09. The van der Waals surface area contributed by atoms with Gasteiger partial charge in [-0.05, 0) is 11.1 Å². The Labute approximate surface area is 173 Å². The third kappa shape index (κ3) is 8.29. The van der Waals surface area contributed by atoms with Gasteiger partial charge in [-0.3, -0.25) is 4.79 Å². The molecule has 0 saturated heterocycles.